The predicted molar refractivity (Wildman–Crippen MR) is 83.9 cm³/mol. The quantitative estimate of drug-likeness (QED) is 0.842. The van der Waals surface area contributed by atoms with Crippen LogP contribution in [0.2, 0.25) is 0 Å². The second-order valence-electron chi connectivity index (χ2n) is 6.06. The maximum absolute atomic E-state index is 12.2. The van der Waals surface area contributed by atoms with E-state index < -0.39 is 23.5 Å². The number of amides is 1. The number of rotatable bonds is 4. The number of carbonyl (C=O) groups is 2. The first kappa shape index (κ1) is 17.6. The number of carbonyl (C=O) groups excluding carboxylic acids is 2. The van der Waals surface area contributed by atoms with Crippen LogP contribution in [0, 0.1) is 5.92 Å². The second-order valence-corrected chi connectivity index (χ2v) is 6.92. The van der Waals surface area contributed by atoms with Crippen molar-refractivity contribution in [1.82, 2.24) is 10.3 Å². The number of esters is 1. The molecule has 5 nitrogen and oxygen atoms in total. The standard InChI is InChI=1S/C15H21BrN2O3/c1-9(2)11(14(20)21-15(3,4)5)18-13(19)12-10(16)7-6-8-17-12/h6-9,11H,1-5H3,(H,18,19)/t11-/m1/s1. The lowest BCUT2D eigenvalue weighted by atomic mass is 10.0. The van der Waals surface area contributed by atoms with Gasteiger partial charge in [-0.2, -0.15) is 0 Å². The van der Waals surface area contributed by atoms with Crippen LogP contribution in [0.15, 0.2) is 22.8 Å². The summed E-state index contributed by atoms with van der Waals surface area (Å²) in [4.78, 5) is 28.4. The van der Waals surface area contributed by atoms with E-state index in [0.717, 1.165) is 0 Å². The van der Waals surface area contributed by atoms with Crippen molar-refractivity contribution in [3.05, 3.63) is 28.5 Å². The van der Waals surface area contributed by atoms with E-state index in [-0.39, 0.29) is 11.6 Å². The number of nitrogens with zero attached hydrogens (tertiary/aromatic N) is 1. The van der Waals surface area contributed by atoms with Gasteiger partial charge in [0.25, 0.3) is 5.91 Å². The van der Waals surface area contributed by atoms with Gasteiger partial charge in [0, 0.05) is 10.7 Å². The minimum Gasteiger partial charge on any atom is -0.458 e. The van der Waals surface area contributed by atoms with Gasteiger partial charge in [0.1, 0.15) is 17.3 Å². The monoisotopic (exact) mass is 356 g/mol. The Bertz CT molecular complexity index is 524. The van der Waals surface area contributed by atoms with Crippen molar-refractivity contribution < 1.29 is 14.3 Å². The van der Waals surface area contributed by atoms with Gasteiger partial charge >= 0.3 is 5.97 Å². The third-order valence-electron chi connectivity index (χ3n) is 2.59. The highest BCUT2D eigenvalue weighted by molar-refractivity contribution is 9.10. The maximum atomic E-state index is 12.2. The third-order valence-corrected chi connectivity index (χ3v) is 3.23. The summed E-state index contributed by atoms with van der Waals surface area (Å²) in [6.07, 6.45) is 1.53. The Kier molecular flexibility index (Phi) is 5.89. The molecule has 0 saturated heterocycles. The van der Waals surface area contributed by atoms with Crippen molar-refractivity contribution in [2.24, 2.45) is 5.92 Å². The van der Waals surface area contributed by atoms with E-state index >= 15 is 0 Å². The molecule has 0 unspecified atom stereocenters. The van der Waals surface area contributed by atoms with Crippen molar-refractivity contribution in [3.8, 4) is 0 Å². The number of ether oxygens (including phenoxy) is 1. The summed E-state index contributed by atoms with van der Waals surface area (Å²) in [7, 11) is 0. The van der Waals surface area contributed by atoms with E-state index in [9.17, 15) is 9.59 Å². The van der Waals surface area contributed by atoms with E-state index in [1.165, 1.54) is 6.20 Å². The number of aromatic nitrogens is 1. The van der Waals surface area contributed by atoms with Crippen LogP contribution in [-0.2, 0) is 9.53 Å². The number of nitrogens with one attached hydrogen (secondary N) is 1. The maximum Gasteiger partial charge on any atom is 0.329 e. The van der Waals surface area contributed by atoms with E-state index in [4.69, 9.17) is 4.74 Å². The molecule has 1 atom stereocenters. The van der Waals surface area contributed by atoms with Gasteiger partial charge < -0.3 is 10.1 Å². The zero-order valence-electron chi connectivity index (χ0n) is 12.9. The first-order chi connectivity index (χ1) is 9.61. The molecule has 1 rings (SSSR count). The average Bonchev–Trinajstić information content (AvgIpc) is 2.33. The van der Waals surface area contributed by atoms with Crippen molar-refractivity contribution in [3.63, 3.8) is 0 Å². The Labute approximate surface area is 133 Å². The fourth-order valence-corrected chi connectivity index (χ4v) is 2.06. The number of halogens is 1. The van der Waals surface area contributed by atoms with Gasteiger partial charge in [0.2, 0.25) is 0 Å². The Morgan fingerprint density at radius 1 is 1.33 bits per heavy atom. The zero-order valence-corrected chi connectivity index (χ0v) is 14.5. The van der Waals surface area contributed by atoms with Gasteiger partial charge in [-0.3, -0.25) is 4.79 Å². The number of hydrogen-bond acceptors (Lipinski definition) is 4. The molecular formula is C15H21BrN2O3. The summed E-state index contributed by atoms with van der Waals surface area (Å²) in [5.74, 6) is -0.948. The molecule has 1 heterocycles. The molecule has 1 amide bonds. The number of hydrogen-bond donors (Lipinski definition) is 1. The van der Waals surface area contributed by atoms with Gasteiger partial charge in [-0.15, -0.1) is 0 Å². The van der Waals surface area contributed by atoms with Crippen molar-refractivity contribution in [2.75, 3.05) is 0 Å². The fourth-order valence-electron chi connectivity index (χ4n) is 1.63. The molecule has 1 N–H and O–H groups in total. The molecule has 6 heteroatoms. The first-order valence-corrected chi connectivity index (χ1v) is 7.55. The van der Waals surface area contributed by atoms with Crippen molar-refractivity contribution >= 4 is 27.8 Å². The Hall–Kier alpha value is -1.43. The Balaban J connectivity index is 2.87. The van der Waals surface area contributed by atoms with E-state index in [1.807, 2.05) is 13.8 Å². The second kappa shape index (κ2) is 7.02. The molecule has 0 fully saturated rings. The van der Waals surface area contributed by atoms with Crippen LogP contribution in [0.5, 0.6) is 0 Å². The molecule has 0 radical (unpaired) electrons. The summed E-state index contributed by atoms with van der Waals surface area (Å²) in [5.41, 5.74) is -0.354. The molecule has 1 aromatic heterocycles. The van der Waals surface area contributed by atoms with E-state index in [2.05, 4.69) is 26.2 Å². The highest BCUT2D eigenvalue weighted by atomic mass is 79.9. The zero-order chi connectivity index (χ0) is 16.2. The summed E-state index contributed by atoms with van der Waals surface area (Å²) >= 11 is 3.27. The molecule has 0 spiro atoms. The smallest absolute Gasteiger partial charge is 0.329 e. The highest BCUT2D eigenvalue weighted by Gasteiger charge is 2.30. The van der Waals surface area contributed by atoms with Crippen LogP contribution in [0.3, 0.4) is 0 Å². The van der Waals surface area contributed by atoms with Gasteiger partial charge in [-0.1, -0.05) is 13.8 Å². The molecule has 0 saturated carbocycles. The topological polar surface area (TPSA) is 68.3 Å². The van der Waals surface area contributed by atoms with Gasteiger partial charge in [-0.25, -0.2) is 9.78 Å². The van der Waals surface area contributed by atoms with Crippen LogP contribution < -0.4 is 5.32 Å². The van der Waals surface area contributed by atoms with Crippen LogP contribution in [0.4, 0.5) is 0 Å². The molecule has 1 aromatic rings. The van der Waals surface area contributed by atoms with Crippen LogP contribution in [0.25, 0.3) is 0 Å². The van der Waals surface area contributed by atoms with Gasteiger partial charge in [0.15, 0.2) is 0 Å². The largest absolute Gasteiger partial charge is 0.458 e. The van der Waals surface area contributed by atoms with Crippen LogP contribution in [-0.4, -0.2) is 28.5 Å². The SMILES string of the molecule is CC(C)[C@@H](NC(=O)c1ncccc1Br)C(=O)OC(C)(C)C. The van der Waals surface area contributed by atoms with E-state index in [1.54, 1.807) is 32.9 Å². The van der Waals surface area contributed by atoms with Gasteiger partial charge in [-0.05, 0) is 54.8 Å². The van der Waals surface area contributed by atoms with Crippen molar-refractivity contribution in [1.29, 1.82) is 0 Å². The molecule has 0 aromatic carbocycles. The molecule has 116 valence electrons. The normalized spacial score (nSPS) is 12.9. The van der Waals surface area contributed by atoms with Crippen molar-refractivity contribution in [2.45, 2.75) is 46.3 Å². The first-order valence-electron chi connectivity index (χ1n) is 6.76. The summed E-state index contributed by atoms with van der Waals surface area (Å²) < 4.78 is 5.92. The molecule has 0 aliphatic carbocycles. The summed E-state index contributed by atoms with van der Waals surface area (Å²) in [6.45, 7) is 9.07. The van der Waals surface area contributed by atoms with Gasteiger partial charge in [0.05, 0.1) is 0 Å². The van der Waals surface area contributed by atoms with Crippen LogP contribution in [0.1, 0.15) is 45.1 Å². The molecule has 0 bridgehead atoms. The summed E-state index contributed by atoms with van der Waals surface area (Å²) in [5, 5.41) is 2.69. The Morgan fingerprint density at radius 2 is 1.95 bits per heavy atom. The number of pyridine rings is 1. The van der Waals surface area contributed by atoms with E-state index in [0.29, 0.717) is 4.47 Å². The molecular weight excluding hydrogens is 336 g/mol. The fraction of sp³-hybridized carbons (Fsp3) is 0.533. The highest BCUT2D eigenvalue weighted by Crippen LogP contribution is 2.16. The molecule has 0 aliphatic rings. The predicted octanol–water partition coefficient (Wildman–Crippen LogP) is 2.94. The molecule has 0 aliphatic heterocycles. The lowest BCUT2D eigenvalue weighted by molar-refractivity contribution is -0.158. The lowest BCUT2D eigenvalue weighted by Gasteiger charge is -2.26. The van der Waals surface area contributed by atoms with Crippen LogP contribution >= 0.6 is 15.9 Å². The third kappa shape index (κ3) is 5.46. The minimum absolute atomic E-state index is 0.0914. The molecule has 21 heavy (non-hydrogen) atoms. The minimum atomic E-state index is -0.717. The lowest BCUT2D eigenvalue weighted by Crippen LogP contribution is -2.47. The average molecular weight is 357 g/mol. The Morgan fingerprint density at radius 3 is 2.43 bits per heavy atom. The summed E-state index contributed by atoms with van der Waals surface area (Å²) in [6, 6.07) is 2.72.